The molecule has 0 radical (unpaired) electrons. The molecule has 0 aromatic heterocycles. The van der Waals surface area contributed by atoms with Gasteiger partial charge in [-0.05, 0) is 55.4 Å². The van der Waals surface area contributed by atoms with Crippen LogP contribution in [0.4, 0.5) is 9.59 Å². The number of ether oxygens (including phenoxy) is 2. The van der Waals surface area contributed by atoms with Crippen LogP contribution in [0.25, 0.3) is 0 Å². The van der Waals surface area contributed by atoms with E-state index < -0.39 is 27.5 Å². The van der Waals surface area contributed by atoms with E-state index in [4.69, 9.17) is 14.6 Å². The number of hydrogen-bond donors (Lipinski definition) is 2. The van der Waals surface area contributed by atoms with Gasteiger partial charge in [-0.15, -0.1) is 0 Å². The lowest BCUT2D eigenvalue weighted by Gasteiger charge is -2.38. The van der Waals surface area contributed by atoms with Crippen molar-refractivity contribution < 1.29 is 27.5 Å². The van der Waals surface area contributed by atoms with Gasteiger partial charge in [0.05, 0.1) is 0 Å². The zero-order valence-electron chi connectivity index (χ0n) is 20.7. The largest absolute Gasteiger partial charge is 0.444 e. The van der Waals surface area contributed by atoms with Crippen molar-refractivity contribution in [2.75, 3.05) is 39.3 Å². The first-order valence-corrected chi connectivity index (χ1v) is 12.4. The molecular formula is C20H41N5O6S. The lowest BCUT2D eigenvalue weighted by Crippen LogP contribution is -2.57. The molecule has 3 N–H and O–H groups in total. The molecule has 0 aliphatic carbocycles. The number of nitrogens with one attached hydrogen (secondary N) is 1. The minimum atomic E-state index is -3.70. The quantitative estimate of drug-likeness (QED) is 0.579. The molecule has 12 heteroatoms. The first kappa shape index (κ1) is 28.4. The first-order chi connectivity index (χ1) is 14.4. The van der Waals surface area contributed by atoms with Gasteiger partial charge >= 0.3 is 12.2 Å². The van der Waals surface area contributed by atoms with E-state index in [-0.39, 0.29) is 31.8 Å². The van der Waals surface area contributed by atoms with Crippen molar-refractivity contribution in [1.29, 1.82) is 0 Å². The predicted octanol–water partition coefficient (Wildman–Crippen LogP) is 1.35. The summed E-state index contributed by atoms with van der Waals surface area (Å²) in [7, 11) is -3.70. The summed E-state index contributed by atoms with van der Waals surface area (Å²) in [6.45, 7) is 17.9. The number of piperazine rings is 2. The molecule has 32 heavy (non-hydrogen) atoms. The van der Waals surface area contributed by atoms with E-state index in [0.29, 0.717) is 6.04 Å². The molecule has 2 atom stereocenters. The van der Waals surface area contributed by atoms with E-state index in [2.05, 4.69) is 12.2 Å². The highest BCUT2D eigenvalue weighted by Gasteiger charge is 2.34. The zero-order valence-corrected chi connectivity index (χ0v) is 21.5. The van der Waals surface area contributed by atoms with E-state index in [9.17, 15) is 18.0 Å². The van der Waals surface area contributed by atoms with Crippen LogP contribution in [0.15, 0.2) is 0 Å². The van der Waals surface area contributed by atoms with Crippen LogP contribution in [0.2, 0.25) is 0 Å². The second-order valence-electron chi connectivity index (χ2n) is 10.2. The van der Waals surface area contributed by atoms with Gasteiger partial charge in [0, 0.05) is 51.4 Å². The molecule has 2 aliphatic rings. The Bertz CT molecular complexity index is 747. The Morgan fingerprint density at radius 2 is 1.34 bits per heavy atom. The molecule has 0 bridgehead atoms. The average molecular weight is 480 g/mol. The molecule has 2 rings (SSSR count). The van der Waals surface area contributed by atoms with Gasteiger partial charge in [-0.1, -0.05) is 0 Å². The predicted molar refractivity (Wildman–Crippen MR) is 122 cm³/mol. The molecule has 2 saturated heterocycles. The summed E-state index contributed by atoms with van der Waals surface area (Å²) in [6, 6.07) is 0.0116. The summed E-state index contributed by atoms with van der Waals surface area (Å²) in [5.41, 5.74) is -0.956. The Balaban J connectivity index is 0.000000330. The van der Waals surface area contributed by atoms with Gasteiger partial charge in [-0.2, -0.15) is 12.7 Å². The molecule has 0 saturated carbocycles. The third kappa shape index (κ3) is 10.3. The zero-order chi connectivity index (χ0) is 24.9. The fourth-order valence-electron chi connectivity index (χ4n) is 3.24. The van der Waals surface area contributed by atoms with Gasteiger partial charge in [0.1, 0.15) is 11.2 Å². The van der Waals surface area contributed by atoms with Crippen molar-refractivity contribution in [2.24, 2.45) is 5.14 Å². The Hall–Kier alpha value is -1.63. The molecule has 2 aliphatic heterocycles. The van der Waals surface area contributed by atoms with Gasteiger partial charge < -0.3 is 24.6 Å². The van der Waals surface area contributed by atoms with E-state index in [0.717, 1.165) is 19.6 Å². The number of nitrogens with zero attached hydrogens (tertiary/aromatic N) is 3. The number of carbonyl (C=O) groups excluding carboxylic acids is 2. The normalized spacial score (nSPS) is 23.2. The second kappa shape index (κ2) is 11.0. The molecule has 0 aromatic rings. The van der Waals surface area contributed by atoms with Crippen molar-refractivity contribution in [3.63, 3.8) is 0 Å². The van der Waals surface area contributed by atoms with Crippen LogP contribution in [-0.4, -0.2) is 97.3 Å². The van der Waals surface area contributed by atoms with Gasteiger partial charge in [-0.25, -0.2) is 14.7 Å². The van der Waals surface area contributed by atoms with Crippen LogP contribution < -0.4 is 10.5 Å². The lowest BCUT2D eigenvalue weighted by atomic mass is 10.2. The van der Waals surface area contributed by atoms with E-state index >= 15 is 0 Å². The van der Waals surface area contributed by atoms with Gasteiger partial charge in [0.25, 0.3) is 10.2 Å². The van der Waals surface area contributed by atoms with E-state index in [1.807, 2.05) is 20.8 Å². The Labute approximate surface area is 192 Å². The van der Waals surface area contributed by atoms with Crippen LogP contribution in [-0.2, 0) is 19.7 Å². The summed E-state index contributed by atoms with van der Waals surface area (Å²) < 4.78 is 34.2. The van der Waals surface area contributed by atoms with Crippen molar-refractivity contribution in [2.45, 2.75) is 78.7 Å². The molecule has 188 valence electrons. The van der Waals surface area contributed by atoms with E-state index in [1.54, 1.807) is 32.6 Å². The van der Waals surface area contributed by atoms with Gasteiger partial charge in [-0.3, -0.25) is 0 Å². The van der Waals surface area contributed by atoms with Crippen molar-refractivity contribution in [1.82, 2.24) is 19.4 Å². The molecule has 0 spiro atoms. The molecular weight excluding hydrogens is 438 g/mol. The fourth-order valence-corrected chi connectivity index (χ4v) is 4.14. The first-order valence-electron chi connectivity index (χ1n) is 10.9. The summed E-state index contributed by atoms with van der Waals surface area (Å²) in [4.78, 5) is 26.7. The third-order valence-corrected chi connectivity index (χ3v) is 5.76. The summed E-state index contributed by atoms with van der Waals surface area (Å²) >= 11 is 0. The van der Waals surface area contributed by atoms with Crippen LogP contribution in [0.3, 0.4) is 0 Å². The number of hydrogen-bond acceptors (Lipinski definition) is 7. The molecule has 2 amide bonds. The van der Waals surface area contributed by atoms with Crippen LogP contribution >= 0.6 is 0 Å². The Kier molecular flexibility index (Phi) is 9.76. The highest BCUT2D eigenvalue weighted by Crippen LogP contribution is 2.16. The second-order valence-corrected chi connectivity index (χ2v) is 11.7. The highest BCUT2D eigenvalue weighted by molar-refractivity contribution is 7.86. The minimum absolute atomic E-state index is 0.194. The lowest BCUT2D eigenvalue weighted by molar-refractivity contribution is 0.0142. The molecule has 0 unspecified atom stereocenters. The third-order valence-electron chi connectivity index (χ3n) is 4.57. The summed E-state index contributed by atoms with van der Waals surface area (Å²) in [5.74, 6) is 0. The van der Waals surface area contributed by atoms with Crippen molar-refractivity contribution >= 4 is 22.4 Å². The molecule has 2 heterocycles. The number of rotatable bonds is 1. The fraction of sp³-hybridized carbons (Fsp3) is 0.900. The summed E-state index contributed by atoms with van der Waals surface area (Å²) in [5, 5.41) is 8.37. The number of amides is 2. The molecule has 0 aromatic carbocycles. The van der Waals surface area contributed by atoms with Gasteiger partial charge in [0.2, 0.25) is 0 Å². The number of nitrogens with two attached hydrogens (primary N) is 1. The van der Waals surface area contributed by atoms with Crippen molar-refractivity contribution in [3.8, 4) is 0 Å². The van der Waals surface area contributed by atoms with Crippen molar-refractivity contribution in [3.05, 3.63) is 0 Å². The molecule has 2 fully saturated rings. The topological polar surface area (TPSA) is 135 Å². The van der Waals surface area contributed by atoms with Crippen LogP contribution in [0.1, 0.15) is 55.4 Å². The maximum Gasteiger partial charge on any atom is 0.410 e. The average Bonchev–Trinajstić information content (AvgIpc) is 2.58. The standard InChI is InChI=1S/C10H21N3O4S.C10H20N2O2/c1-8-7-12(9(14)17-10(2,3)4)5-6-13(8)18(11,15)16;1-8-7-12(6-5-11-8)9(13)14-10(2,3)4/h8H,5-7H2,1-4H3,(H2,11,15,16);8,11H,5-7H2,1-4H3/t2*8-/m11/s1. The maximum atomic E-state index is 11.8. The van der Waals surface area contributed by atoms with Crippen LogP contribution in [0.5, 0.6) is 0 Å². The smallest absolute Gasteiger partial charge is 0.410 e. The monoisotopic (exact) mass is 479 g/mol. The Morgan fingerprint density at radius 3 is 1.72 bits per heavy atom. The molecule has 11 nitrogen and oxygen atoms in total. The van der Waals surface area contributed by atoms with Crippen LogP contribution in [0, 0.1) is 0 Å². The Morgan fingerprint density at radius 1 is 0.875 bits per heavy atom. The van der Waals surface area contributed by atoms with E-state index in [1.165, 1.54) is 9.21 Å². The maximum absolute atomic E-state index is 11.8. The highest BCUT2D eigenvalue weighted by atomic mass is 32.2. The minimum Gasteiger partial charge on any atom is -0.444 e. The summed E-state index contributed by atoms with van der Waals surface area (Å²) in [6.07, 6.45) is -0.630. The SMILES string of the molecule is C[C@@H]1CN(C(=O)OC(C)(C)C)CCN1.C[C@@H]1CN(C(=O)OC(C)(C)C)CCN1S(N)(=O)=O. The van der Waals surface area contributed by atoms with Gasteiger partial charge in [0.15, 0.2) is 0 Å². The number of carbonyl (C=O) groups is 2.